The van der Waals surface area contributed by atoms with Crippen molar-refractivity contribution in [1.29, 1.82) is 0 Å². The Kier molecular flexibility index (Phi) is 6.14. The van der Waals surface area contributed by atoms with Gasteiger partial charge in [0.1, 0.15) is 11.6 Å². The lowest BCUT2D eigenvalue weighted by molar-refractivity contribution is 0.477. The summed E-state index contributed by atoms with van der Waals surface area (Å²) < 4.78 is 1.86. The average Bonchev–Trinajstić information content (AvgIpc) is 3.06. The molecule has 0 radical (unpaired) electrons. The zero-order valence-electron chi connectivity index (χ0n) is 15.2. The van der Waals surface area contributed by atoms with E-state index in [0.29, 0.717) is 11.4 Å². The van der Waals surface area contributed by atoms with Crippen LogP contribution in [-0.4, -0.2) is 25.7 Å². The van der Waals surface area contributed by atoms with Gasteiger partial charge in [-0.2, -0.15) is 9.61 Å². The summed E-state index contributed by atoms with van der Waals surface area (Å²) >= 11 is 3.52. The highest BCUT2D eigenvalue weighted by atomic mass is 79.9. The number of hydrogen-bond acceptors (Lipinski definition) is 4. The van der Waals surface area contributed by atoms with E-state index in [1.807, 2.05) is 35.0 Å². The average molecular weight is 417 g/mol. The number of halogens is 1. The molecule has 3 rings (SSSR count). The minimum atomic E-state index is 0.230. The fourth-order valence-corrected chi connectivity index (χ4v) is 3.62. The van der Waals surface area contributed by atoms with Gasteiger partial charge in [0, 0.05) is 28.6 Å². The van der Waals surface area contributed by atoms with E-state index in [4.69, 9.17) is 4.98 Å². The first kappa shape index (κ1) is 18.7. The van der Waals surface area contributed by atoms with Gasteiger partial charge in [0.15, 0.2) is 5.65 Å². The molecule has 0 saturated carbocycles. The van der Waals surface area contributed by atoms with Crippen molar-refractivity contribution in [1.82, 2.24) is 14.6 Å². The minimum absolute atomic E-state index is 0.230. The second-order valence-electron chi connectivity index (χ2n) is 6.50. The van der Waals surface area contributed by atoms with Gasteiger partial charge < -0.3 is 10.4 Å². The van der Waals surface area contributed by atoms with Gasteiger partial charge in [-0.3, -0.25) is 0 Å². The van der Waals surface area contributed by atoms with Crippen LogP contribution < -0.4 is 5.32 Å². The Labute approximate surface area is 162 Å². The summed E-state index contributed by atoms with van der Waals surface area (Å²) in [6, 6.07) is 9.67. The second kappa shape index (κ2) is 8.54. The molecule has 2 aromatic heterocycles. The Morgan fingerprint density at radius 2 is 1.92 bits per heavy atom. The number of rotatable bonds is 8. The van der Waals surface area contributed by atoms with Crippen molar-refractivity contribution >= 4 is 27.4 Å². The third-order valence-corrected chi connectivity index (χ3v) is 5.10. The SMILES string of the molecule is CCCC(CCC)Nc1cc(-c2ccccc2O)nc2c(CBr)cnn12. The molecule has 0 amide bonds. The summed E-state index contributed by atoms with van der Waals surface area (Å²) in [5.74, 6) is 1.14. The fraction of sp³-hybridized carbons (Fsp3) is 0.400. The van der Waals surface area contributed by atoms with E-state index >= 15 is 0 Å². The molecule has 26 heavy (non-hydrogen) atoms. The molecule has 2 N–H and O–H groups in total. The van der Waals surface area contributed by atoms with E-state index in [1.54, 1.807) is 6.07 Å². The maximum absolute atomic E-state index is 10.3. The zero-order valence-corrected chi connectivity index (χ0v) is 16.8. The number of benzene rings is 1. The number of nitrogens with zero attached hydrogens (tertiary/aromatic N) is 3. The molecule has 0 spiro atoms. The van der Waals surface area contributed by atoms with Crippen LogP contribution in [0.5, 0.6) is 5.75 Å². The van der Waals surface area contributed by atoms with Gasteiger partial charge in [-0.05, 0) is 25.0 Å². The summed E-state index contributed by atoms with van der Waals surface area (Å²) in [6.07, 6.45) is 6.31. The first-order valence-corrected chi connectivity index (χ1v) is 10.3. The predicted octanol–water partition coefficient (Wildman–Crippen LogP) is 5.38. The van der Waals surface area contributed by atoms with Crippen LogP contribution in [0.4, 0.5) is 5.82 Å². The number of hydrogen-bond donors (Lipinski definition) is 2. The standard InChI is InChI=1S/C20H25BrN4O/c1-3-7-15(8-4-2)23-19-11-17(16-9-5-6-10-18(16)26)24-20-14(12-21)13-22-25(19)20/h5-6,9-11,13,15,23,26H,3-4,7-8,12H2,1-2H3. The van der Waals surface area contributed by atoms with Crippen LogP contribution in [0, 0.1) is 0 Å². The second-order valence-corrected chi connectivity index (χ2v) is 7.06. The van der Waals surface area contributed by atoms with Crippen molar-refractivity contribution < 1.29 is 5.11 Å². The number of phenols is 1. The molecule has 138 valence electrons. The van der Waals surface area contributed by atoms with Crippen molar-refractivity contribution in [2.45, 2.75) is 50.9 Å². The number of fused-ring (bicyclic) bond motifs is 1. The van der Waals surface area contributed by atoms with Crippen molar-refractivity contribution in [2.24, 2.45) is 0 Å². The van der Waals surface area contributed by atoms with Crippen molar-refractivity contribution in [2.75, 3.05) is 5.32 Å². The van der Waals surface area contributed by atoms with Crippen LogP contribution in [0.2, 0.25) is 0 Å². The van der Waals surface area contributed by atoms with Gasteiger partial charge in [0.25, 0.3) is 0 Å². The molecule has 5 nitrogen and oxygen atoms in total. The van der Waals surface area contributed by atoms with Crippen molar-refractivity contribution in [3.8, 4) is 17.0 Å². The van der Waals surface area contributed by atoms with Gasteiger partial charge >= 0.3 is 0 Å². The summed E-state index contributed by atoms with van der Waals surface area (Å²) in [5.41, 5.74) is 3.29. The highest BCUT2D eigenvalue weighted by Crippen LogP contribution is 2.31. The maximum Gasteiger partial charge on any atom is 0.162 e. The zero-order chi connectivity index (χ0) is 18.5. The third kappa shape index (κ3) is 3.85. The van der Waals surface area contributed by atoms with Crippen molar-refractivity contribution in [3.05, 3.63) is 42.1 Å². The first-order valence-electron chi connectivity index (χ1n) is 9.16. The van der Waals surface area contributed by atoms with Crippen molar-refractivity contribution in [3.63, 3.8) is 0 Å². The molecule has 0 unspecified atom stereocenters. The number of nitrogens with one attached hydrogen (secondary N) is 1. The number of aromatic hydroxyl groups is 1. The van der Waals surface area contributed by atoms with E-state index in [0.717, 1.165) is 54.0 Å². The van der Waals surface area contributed by atoms with Crippen LogP contribution in [-0.2, 0) is 5.33 Å². The Morgan fingerprint density at radius 1 is 1.19 bits per heavy atom. The topological polar surface area (TPSA) is 62.5 Å². The van der Waals surface area contributed by atoms with E-state index in [1.165, 1.54) is 0 Å². The number of phenolic OH excluding ortho intramolecular Hbond substituents is 1. The minimum Gasteiger partial charge on any atom is -0.507 e. The van der Waals surface area contributed by atoms with E-state index < -0.39 is 0 Å². The molecule has 2 heterocycles. The highest BCUT2D eigenvalue weighted by Gasteiger charge is 2.16. The van der Waals surface area contributed by atoms with Crippen LogP contribution >= 0.6 is 15.9 Å². The molecule has 1 aromatic carbocycles. The van der Waals surface area contributed by atoms with Gasteiger partial charge in [-0.25, -0.2) is 4.98 Å². The normalized spacial score (nSPS) is 11.4. The molecule has 0 aliphatic heterocycles. The number of alkyl halides is 1. The van der Waals surface area contributed by atoms with Gasteiger partial charge in [0.2, 0.25) is 0 Å². The molecule has 0 bridgehead atoms. The summed E-state index contributed by atoms with van der Waals surface area (Å²) in [4.78, 5) is 4.77. The molecular formula is C20H25BrN4O. The van der Waals surface area contributed by atoms with Gasteiger partial charge in [-0.15, -0.1) is 0 Å². The Hall–Kier alpha value is -2.08. The highest BCUT2D eigenvalue weighted by molar-refractivity contribution is 9.08. The number of anilines is 1. The largest absolute Gasteiger partial charge is 0.507 e. The summed E-state index contributed by atoms with van der Waals surface area (Å²) in [6.45, 7) is 4.41. The first-order chi connectivity index (χ1) is 12.7. The number of para-hydroxylation sites is 1. The lowest BCUT2D eigenvalue weighted by Crippen LogP contribution is -2.21. The summed E-state index contributed by atoms with van der Waals surface area (Å²) in [5, 5.41) is 19.1. The molecule has 0 aliphatic rings. The molecule has 0 aliphatic carbocycles. The third-order valence-electron chi connectivity index (χ3n) is 4.50. The van der Waals surface area contributed by atoms with E-state index in [2.05, 4.69) is 40.2 Å². The van der Waals surface area contributed by atoms with Crippen LogP contribution in [0.1, 0.15) is 45.1 Å². The van der Waals surface area contributed by atoms with Gasteiger partial charge in [-0.1, -0.05) is 54.8 Å². The monoisotopic (exact) mass is 416 g/mol. The van der Waals surface area contributed by atoms with Crippen LogP contribution in [0.3, 0.4) is 0 Å². The molecule has 0 fully saturated rings. The summed E-state index contributed by atoms with van der Waals surface area (Å²) in [7, 11) is 0. The van der Waals surface area contributed by atoms with E-state index in [-0.39, 0.29) is 5.75 Å². The number of aromatic nitrogens is 3. The smallest absolute Gasteiger partial charge is 0.162 e. The fourth-order valence-electron chi connectivity index (χ4n) is 3.23. The molecule has 6 heteroatoms. The quantitative estimate of drug-likeness (QED) is 0.484. The lowest BCUT2D eigenvalue weighted by Gasteiger charge is -2.20. The molecule has 0 atom stereocenters. The maximum atomic E-state index is 10.3. The molecule has 3 aromatic rings. The predicted molar refractivity (Wildman–Crippen MR) is 110 cm³/mol. The lowest BCUT2D eigenvalue weighted by atomic mass is 10.1. The molecular weight excluding hydrogens is 392 g/mol. The van der Waals surface area contributed by atoms with Gasteiger partial charge in [0.05, 0.1) is 11.9 Å². The Balaban J connectivity index is 2.11. The Morgan fingerprint density at radius 3 is 2.58 bits per heavy atom. The Bertz CT molecular complexity index is 871. The van der Waals surface area contributed by atoms with E-state index in [9.17, 15) is 5.11 Å². The van der Waals surface area contributed by atoms with Crippen LogP contribution in [0.25, 0.3) is 16.9 Å². The molecule has 0 saturated heterocycles. The van der Waals surface area contributed by atoms with Crippen LogP contribution in [0.15, 0.2) is 36.5 Å².